The van der Waals surface area contributed by atoms with Gasteiger partial charge in [-0.3, -0.25) is 9.05 Å². The van der Waals surface area contributed by atoms with E-state index < -0.39 is 53.5 Å². The molecule has 10 nitrogen and oxygen atoms in total. The molecular formula is C67H50O10P2. The van der Waals surface area contributed by atoms with Crippen LogP contribution in [0.1, 0.15) is 11.9 Å². The molecule has 0 N–H and O–H groups in total. The normalized spacial score (nSPS) is 19.0. The lowest BCUT2D eigenvalue weighted by molar-refractivity contribution is -0.338. The summed E-state index contributed by atoms with van der Waals surface area (Å²) in [5.41, 5.74) is 10.6. The Morgan fingerprint density at radius 2 is 0.696 bits per heavy atom. The average molecular weight is 1080 g/mol. The molecule has 14 rings (SSSR count). The molecule has 0 amide bonds. The summed E-state index contributed by atoms with van der Waals surface area (Å²) < 4.78 is 71.8. The lowest BCUT2D eigenvalue weighted by Crippen LogP contribution is -2.66. The van der Waals surface area contributed by atoms with E-state index in [1.807, 2.05) is 158 Å². The highest BCUT2D eigenvalue weighted by atomic mass is 31.1. The van der Waals surface area contributed by atoms with Gasteiger partial charge < -0.3 is 35.7 Å². The van der Waals surface area contributed by atoms with Crippen molar-refractivity contribution in [3.05, 3.63) is 260 Å². The fourth-order valence-corrected chi connectivity index (χ4v) is 13.2. The van der Waals surface area contributed by atoms with Crippen LogP contribution in [-0.2, 0) is 14.2 Å². The SMILES string of the molecule is c1ccc(O[C@@H]2O[C@@H]3CO[C@@H](c4ccccc4)O[C@H]3[C@H](Op3oc4c(-c5ccccc5)cccc4c4cccc(-c5ccccc5)c4o3)[C@H]2Op2oc3c(-c4ccccc4)cccc3c3cccc(-c4ccccc4)c3o2)cc1. The molecule has 12 aromatic rings. The summed E-state index contributed by atoms with van der Waals surface area (Å²) in [6.45, 7) is 0.135. The number of fused-ring (bicyclic) bond motifs is 7. The molecule has 388 valence electrons. The van der Waals surface area contributed by atoms with Crippen LogP contribution in [0.3, 0.4) is 0 Å². The number of para-hydroxylation sites is 5. The van der Waals surface area contributed by atoms with Crippen molar-refractivity contribution in [1.29, 1.82) is 0 Å². The largest absolute Gasteiger partial charge is 0.462 e. The minimum Gasteiger partial charge on any atom is -0.462 e. The van der Waals surface area contributed by atoms with Gasteiger partial charge in [-0.15, -0.1) is 0 Å². The summed E-state index contributed by atoms with van der Waals surface area (Å²) in [5.74, 6) is 0.539. The molecule has 2 fully saturated rings. The minimum absolute atomic E-state index is 0.135. The molecule has 10 aromatic carbocycles. The first-order valence-corrected chi connectivity index (χ1v) is 28.5. The minimum atomic E-state index is -2.40. The lowest BCUT2D eigenvalue weighted by Gasteiger charge is -2.47. The number of ether oxygens (including phenoxy) is 4. The van der Waals surface area contributed by atoms with Crippen LogP contribution >= 0.6 is 16.5 Å². The zero-order chi connectivity index (χ0) is 52.5. The highest BCUT2D eigenvalue weighted by Crippen LogP contribution is 2.47. The van der Waals surface area contributed by atoms with E-state index in [2.05, 4.69) is 97.1 Å². The first-order valence-electron chi connectivity index (χ1n) is 26.3. The quantitative estimate of drug-likeness (QED) is 0.124. The van der Waals surface area contributed by atoms with Gasteiger partial charge >= 0.3 is 16.5 Å². The van der Waals surface area contributed by atoms with Gasteiger partial charge in [0.2, 0.25) is 6.29 Å². The second kappa shape index (κ2) is 21.8. The molecular weight excluding hydrogens is 1030 g/mol. The Morgan fingerprint density at radius 3 is 1.09 bits per heavy atom. The van der Waals surface area contributed by atoms with Gasteiger partial charge in [0.15, 0.2) is 34.7 Å². The van der Waals surface area contributed by atoms with Crippen molar-refractivity contribution >= 4 is 60.4 Å². The summed E-state index contributed by atoms with van der Waals surface area (Å²) in [6.07, 6.45) is -5.73. The Morgan fingerprint density at radius 1 is 0.342 bits per heavy atom. The molecule has 0 unspecified atom stereocenters. The molecule has 0 saturated carbocycles. The van der Waals surface area contributed by atoms with Crippen LogP contribution in [-0.4, -0.2) is 37.3 Å². The van der Waals surface area contributed by atoms with E-state index in [1.54, 1.807) is 0 Å². The fraction of sp³-hybridized carbons (Fsp3) is 0.104. The van der Waals surface area contributed by atoms with Crippen LogP contribution in [0, 0.1) is 0 Å². The summed E-state index contributed by atoms with van der Waals surface area (Å²) in [7, 11) is -4.78. The van der Waals surface area contributed by atoms with Crippen LogP contribution in [0.25, 0.3) is 88.4 Å². The van der Waals surface area contributed by atoms with Crippen molar-refractivity contribution in [3.8, 4) is 50.3 Å². The molecule has 12 heteroatoms. The Hall–Kier alpha value is -8.40. The maximum Gasteiger partial charge on any atom is 0.388 e. The van der Waals surface area contributed by atoms with E-state index in [9.17, 15) is 0 Å². The van der Waals surface area contributed by atoms with Gasteiger partial charge in [0, 0.05) is 49.4 Å². The average Bonchev–Trinajstić information content (AvgIpc) is 3.89. The Balaban J connectivity index is 1.02. The molecule has 6 atom stereocenters. The Labute approximate surface area is 457 Å². The predicted molar refractivity (Wildman–Crippen MR) is 311 cm³/mol. The van der Waals surface area contributed by atoms with Gasteiger partial charge in [-0.2, -0.15) is 0 Å². The smallest absolute Gasteiger partial charge is 0.388 e. The Bertz CT molecular complexity index is 3960. The van der Waals surface area contributed by atoms with Gasteiger partial charge in [-0.25, -0.2) is 0 Å². The van der Waals surface area contributed by atoms with E-state index >= 15 is 0 Å². The summed E-state index contributed by atoms with van der Waals surface area (Å²) in [5, 5.41) is 3.38. The van der Waals surface area contributed by atoms with Crippen LogP contribution in [0.2, 0.25) is 0 Å². The molecule has 0 aliphatic carbocycles. The third kappa shape index (κ3) is 9.75. The summed E-state index contributed by atoms with van der Waals surface area (Å²) in [4.78, 5) is 0. The van der Waals surface area contributed by atoms with Crippen molar-refractivity contribution < 1.29 is 44.8 Å². The fourth-order valence-electron chi connectivity index (χ4n) is 10.7. The third-order valence-corrected chi connectivity index (χ3v) is 16.6. The monoisotopic (exact) mass is 1080 g/mol. The Kier molecular flexibility index (Phi) is 13.5. The van der Waals surface area contributed by atoms with Gasteiger partial charge in [0.25, 0.3) is 0 Å². The molecule has 79 heavy (non-hydrogen) atoms. The van der Waals surface area contributed by atoms with Crippen LogP contribution < -0.4 is 13.8 Å². The molecule has 2 aliphatic heterocycles. The van der Waals surface area contributed by atoms with Crippen LogP contribution in [0.15, 0.2) is 272 Å². The second-order valence-corrected chi connectivity index (χ2v) is 21.3. The first-order chi connectivity index (χ1) is 39.2. The molecule has 0 spiro atoms. The van der Waals surface area contributed by atoms with Gasteiger partial charge in [0.05, 0.1) is 6.61 Å². The van der Waals surface area contributed by atoms with E-state index in [0.717, 1.165) is 71.6 Å². The van der Waals surface area contributed by atoms with Gasteiger partial charge in [-0.1, -0.05) is 243 Å². The predicted octanol–water partition coefficient (Wildman–Crippen LogP) is 17.8. The number of hydrogen-bond donors (Lipinski definition) is 0. The molecule has 0 radical (unpaired) electrons. The molecule has 2 aliphatic rings. The number of benzene rings is 10. The molecule has 2 saturated heterocycles. The van der Waals surface area contributed by atoms with Gasteiger partial charge in [-0.05, 0) is 34.4 Å². The number of rotatable bonds is 11. The maximum atomic E-state index is 7.59. The van der Waals surface area contributed by atoms with E-state index in [0.29, 0.717) is 28.1 Å². The van der Waals surface area contributed by atoms with E-state index in [4.69, 9.17) is 44.8 Å². The third-order valence-electron chi connectivity index (χ3n) is 14.4. The topological polar surface area (TPSA) is 108 Å². The zero-order valence-electron chi connectivity index (χ0n) is 42.4. The van der Waals surface area contributed by atoms with Crippen molar-refractivity contribution in [2.45, 2.75) is 37.0 Å². The van der Waals surface area contributed by atoms with Gasteiger partial charge in [0.1, 0.15) is 24.1 Å². The van der Waals surface area contributed by atoms with Crippen LogP contribution in [0.5, 0.6) is 5.75 Å². The molecule has 2 aromatic heterocycles. The highest BCUT2D eigenvalue weighted by molar-refractivity contribution is 7.32. The highest BCUT2D eigenvalue weighted by Gasteiger charge is 2.54. The van der Waals surface area contributed by atoms with Crippen molar-refractivity contribution in [2.24, 2.45) is 0 Å². The first kappa shape index (κ1) is 48.9. The second-order valence-electron chi connectivity index (χ2n) is 19.3. The van der Waals surface area contributed by atoms with E-state index in [1.165, 1.54) is 0 Å². The lowest BCUT2D eigenvalue weighted by atomic mass is 9.98. The van der Waals surface area contributed by atoms with Crippen molar-refractivity contribution in [2.75, 3.05) is 6.61 Å². The van der Waals surface area contributed by atoms with Crippen molar-refractivity contribution in [1.82, 2.24) is 0 Å². The maximum absolute atomic E-state index is 7.59. The summed E-state index contributed by atoms with van der Waals surface area (Å²) in [6, 6.07) is 84.8. The molecule has 0 bridgehead atoms. The van der Waals surface area contributed by atoms with E-state index in [-0.39, 0.29) is 6.61 Å². The standard InChI is InChI=1S/C67H50O10P2/c1-7-23-44(24-8-1)50-35-19-39-54-55-40-20-36-51(45-25-9-2-10-26-45)60(55)73-78(72-59(50)54)76-64-63-58(43-68-66(71-63)48-31-15-5-16-32-48)70-67(69-49-33-17-6-18-34-49)65(64)77-79-74-61-52(46-27-11-3-12-28-46)37-21-41-56(61)57-42-22-38-53(62(57)75-79)47-29-13-4-14-30-47/h1-42,58,63-67H,43H2/t58-,63-,64+,65-,66-,67-/m1/s1. The van der Waals surface area contributed by atoms with Crippen molar-refractivity contribution in [3.63, 3.8) is 0 Å². The summed E-state index contributed by atoms with van der Waals surface area (Å²) >= 11 is 0. The number of hydrogen-bond acceptors (Lipinski definition) is 10. The molecule has 4 heterocycles. The van der Waals surface area contributed by atoms with Crippen LogP contribution in [0.4, 0.5) is 0 Å². The zero-order valence-corrected chi connectivity index (χ0v) is 44.2.